The van der Waals surface area contributed by atoms with E-state index < -0.39 is 0 Å². The zero-order valence-electron chi connectivity index (χ0n) is 9.49. The van der Waals surface area contributed by atoms with E-state index in [1.54, 1.807) is 0 Å². The summed E-state index contributed by atoms with van der Waals surface area (Å²) in [6.07, 6.45) is 11.0. The van der Waals surface area contributed by atoms with E-state index in [-0.39, 0.29) is 0 Å². The molecule has 1 aromatic carbocycles. The van der Waals surface area contributed by atoms with Gasteiger partial charge in [0.1, 0.15) is 0 Å². The van der Waals surface area contributed by atoms with Crippen LogP contribution in [0, 0.1) is 0 Å². The second-order valence-corrected chi connectivity index (χ2v) is 4.78. The van der Waals surface area contributed by atoms with Crippen molar-refractivity contribution in [3.05, 3.63) is 75.8 Å². The number of fused-ring (bicyclic) bond motifs is 2. The van der Waals surface area contributed by atoms with Crippen LogP contribution in [0.4, 0.5) is 0 Å². The summed E-state index contributed by atoms with van der Waals surface area (Å²) >= 11 is 3.52. The number of allylic oxidation sites excluding steroid dienone is 7. The average Bonchev–Trinajstić information content (AvgIpc) is 2.55. The Bertz CT molecular complexity index is 571. The number of halogens is 1. The molecule has 0 atom stereocenters. The molecule has 2 aliphatic carbocycles. The Labute approximate surface area is 110 Å². The van der Waals surface area contributed by atoms with E-state index >= 15 is 0 Å². The van der Waals surface area contributed by atoms with Crippen molar-refractivity contribution in [1.29, 1.82) is 0 Å². The maximum Gasteiger partial charge on any atom is -0.00365 e. The molecule has 1 heteroatoms. The van der Waals surface area contributed by atoms with E-state index in [0.29, 0.717) is 0 Å². The SMILES string of the molecule is Br/C=C1/C2=CC=CCC2=CCc2ccccc21. The Morgan fingerprint density at radius 2 is 2.00 bits per heavy atom. The van der Waals surface area contributed by atoms with Gasteiger partial charge in [-0.1, -0.05) is 64.5 Å². The first-order valence-corrected chi connectivity index (χ1v) is 6.77. The topological polar surface area (TPSA) is 0 Å². The lowest BCUT2D eigenvalue weighted by atomic mass is 9.90. The largest absolute Gasteiger partial charge is 0.0801 e. The van der Waals surface area contributed by atoms with Gasteiger partial charge in [0.25, 0.3) is 0 Å². The normalized spacial score (nSPS) is 20.2. The minimum atomic E-state index is 1.03. The molecule has 0 unspecified atom stereocenters. The van der Waals surface area contributed by atoms with Crippen molar-refractivity contribution in [2.75, 3.05) is 0 Å². The van der Waals surface area contributed by atoms with Crippen molar-refractivity contribution in [2.45, 2.75) is 12.8 Å². The highest BCUT2D eigenvalue weighted by atomic mass is 79.9. The molecule has 0 spiro atoms. The number of benzene rings is 1. The van der Waals surface area contributed by atoms with Gasteiger partial charge in [-0.3, -0.25) is 0 Å². The monoisotopic (exact) mass is 284 g/mol. The lowest BCUT2D eigenvalue weighted by molar-refractivity contribution is 1.18. The highest BCUT2D eigenvalue weighted by Gasteiger charge is 2.18. The summed E-state index contributed by atoms with van der Waals surface area (Å²) in [6, 6.07) is 8.65. The van der Waals surface area contributed by atoms with Crippen LogP contribution in [0.25, 0.3) is 5.57 Å². The molecule has 84 valence electrons. The van der Waals surface area contributed by atoms with Crippen LogP contribution >= 0.6 is 15.9 Å². The van der Waals surface area contributed by atoms with Gasteiger partial charge in [-0.25, -0.2) is 0 Å². The Kier molecular flexibility index (Phi) is 2.86. The van der Waals surface area contributed by atoms with Gasteiger partial charge in [0.15, 0.2) is 0 Å². The van der Waals surface area contributed by atoms with Gasteiger partial charge in [-0.05, 0) is 45.7 Å². The first kappa shape index (κ1) is 10.8. The fourth-order valence-electron chi connectivity index (χ4n) is 2.49. The number of hydrogen-bond donors (Lipinski definition) is 0. The van der Waals surface area contributed by atoms with Gasteiger partial charge in [0.05, 0.1) is 0 Å². The van der Waals surface area contributed by atoms with Crippen LogP contribution in [0.5, 0.6) is 0 Å². The predicted octanol–water partition coefficient (Wildman–Crippen LogP) is 4.79. The molecule has 1 aromatic rings. The maximum atomic E-state index is 3.52. The van der Waals surface area contributed by atoms with Crippen LogP contribution in [0.15, 0.2) is 64.7 Å². The second kappa shape index (κ2) is 4.50. The molecule has 0 nitrogen and oxygen atoms in total. The molecule has 0 fully saturated rings. The summed E-state index contributed by atoms with van der Waals surface area (Å²) in [6.45, 7) is 0. The number of hydrogen-bond acceptors (Lipinski definition) is 0. The highest BCUT2D eigenvalue weighted by molar-refractivity contribution is 9.11. The quantitative estimate of drug-likeness (QED) is 0.643. The molecule has 0 bridgehead atoms. The van der Waals surface area contributed by atoms with Crippen molar-refractivity contribution >= 4 is 21.5 Å². The standard InChI is InChI=1S/C16H13Br/c17-11-16-14-7-3-1-5-12(14)9-10-13-6-2-4-8-15(13)16/h1-5,7-8,10-11H,6,9H2/b16-11+. The fraction of sp³-hybridized carbons (Fsp3) is 0.125. The summed E-state index contributed by atoms with van der Waals surface area (Å²) < 4.78 is 0. The van der Waals surface area contributed by atoms with Gasteiger partial charge >= 0.3 is 0 Å². The van der Waals surface area contributed by atoms with Crippen LogP contribution in [0.2, 0.25) is 0 Å². The molecule has 0 aliphatic heterocycles. The van der Waals surface area contributed by atoms with E-state index in [9.17, 15) is 0 Å². The van der Waals surface area contributed by atoms with Crippen molar-refractivity contribution in [3.63, 3.8) is 0 Å². The fourth-order valence-corrected chi connectivity index (χ4v) is 2.98. The molecule has 0 radical (unpaired) electrons. The molecule has 0 saturated heterocycles. The second-order valence-electron chi connectivity index (χ2n) is 4.33. The van der Waals surface area contributed by atoms with Crippen LogP contribution in [0.3, 0.4) is 0 Å². The maximum absolute atomic E-state index is 3.52. The molecule has 17 heavy (non-hydrogen) atoms. The molecule has 0 N–H and O–H groups in total. The van der Waals surface area contributed by atoms with Gasteiger partial charge in [-0.2, -0.15) is 0 Å². The Hall–Kier alpha value is -1.34. The van der Waals surface area contributed by atoms with E-state index in [1.165, 1.54) is 27.8 Å². The molecule has 0 aromatic heterocycles. The summed E-state index contributed by atoms with van der Waals surface area (Å²) in [5.74, 6) is 0. The highest BCUT2D eigenvalue weighted by Crippen LogP contribution is 2.37. The van der Waals surface area contributed by atoms with Gasteiger partial charge < -0.3 is 0 Å². The molecule has 3 rings (SSSR count). The number of rotatable bonds is 0. The minimum Gasteiger partial charge on any atom is -0.0801 e. The van der Waals surface area contributed by atoms with Gasteiger partial charge in [0, 0.05) is 0 Å². The summed E-state index contributed by atoms with van der Waals surface area (Å²) in [7, 11) is 0. The molecule has 2 aliphatic rings. The molecule has 0 heterocycles. The van der Waals surface area contributed by atoms with Crippen molar-refractivity contribution in [3.8, 4) is 0 Å². The Morgan fingerprint density at radius 1 is 1.12 bits per heavy atom. The molecular formula is C16H13Br. The van der Waals surface area contributed by atoms with Crippen molar-refractivity contribution < 1.29 is 0 Å². The third-order valence-electron chi connectivity index (χ3n) is 3.36. The van der Waals surface area contributed by atoms with E-state index in [1.807, 2.05) is 0 Å². The zero-order chi connectivity index (χ0) is 11.7. The van der Waals surface area contributed by atoms with Crippen LogP contribution < -0.4 is 0 Å². The lowest BCUT2D eigenvalue weighted by Crippen LogP contribution is -1.95. The van der Waals surface area contributed by atoms with E-state index in [2.05, 4.69) is 69.5 Å². The third-order valence-corrected chi connectivity index (χ3v) is 3.82. The molecule has 0 amide bonds. The first-order chi connectivity index (χ1) is 8.40. The summed E-state index contributed by atoms with van der Waals surface area (Å²) in [5, 5.41) is 0. The van der Waals surface area contributed by atoms with Crippen LogP contribution in [0.1, 0.15) is 17.5 Å². The smallest absolute Gasteiger partial charge is 0.00365 e. The lowest BCUT2D eigenvalue weighted by Gasteiger charge is -2.15. The molecular weight excluding hydrogens is 272 g/mol. The van der Waals surface area contributed by atoms with Crippen LogP contribution in [-0.2, 0) is 6.42 Å². The van der Waals surface area contributed by atoms with E-state index in [4.69, 9.17) is 0 Å². The van der Waals surface area contributed by atoms with Crippen molar-refractivity contribution in [2.24, 2.45) is 0 Å². The molecule has 0 saturated carbocycles. The third kappa shape index (κ3) is 1.85. The summed E-state index contributed by atoms with van der Waals surface area (Å²) in [5.41, 5.74) is 6.84. The van der Waals surface area contributed by atoms with Crippen molar-refractivity contribution in [1.82, 2.24) is 0 Å². The van der Waals surface area contributed by atoms with Crippen LogP contribution in [-0.4, -0.2) is 0 Å². The summed E-state index contributed by atoms with van der Waals surface area (Å²) in [4.78, 5) is 2.05. The predicted molar refractivity (Wildman–Crippen MR) is 77.0 cm³/mol. The minimum absolute atomic E-state index is 1.03. The van der Waals surface area contributed by atoms with E-state index in [0.717, 1.165) is 12.8 Å². The van der Waals surface area contributed by atoms with Gasteiger partial charge in [-0.15, -0.1) is 0 Å². The average molecular weight is 285 g/mol. The Balaban J connectivity index is 2.23. The first-order valence-electron chi connectivity index (χ1n) is 5.85. The Morgan fingerprint density at radius 3 is 2.88 bits per heavy atom. The van der Waals surface area contributed by atoms with Gasteiger partial charge in [0.2, 0.25) is 0 Å². The zero-order valence-corrected chi connectivity index (χ0v) is 11.1.